The number of anilines is 1. The predicted molar refractivity (Wildman–Crippen MR) is 139 cm³/mol. The highest BCUT2D eigenvalue weighted by Gasteiger charge is 2.15. The Kier molecular flexibility index (Phi) is 8.15. The van der Waals surface area contributed by atoms with E-state index < -0.39 is 5.91 Å². The van der Waals surface area contributed by atoms with Crippen molar-refractivity contribution < 1.29 is 9.53 Å². The minimum absolute atomic E-state index is 0.0150. The van der Waals surface area contributed by atoms with Gasteiger partial charge < -0.3 is 10.1 Å². The summed E-state index contributed by atoms with van der Waals surface area (Å²) in [4.78, 5) is 12.7. The summed E-state index contributed by atoms with van der Waals surface area (Å²) in [5.41, 5.74) is 7.86. The van der Waals surface area contributed by atoms with Gasteiger partial charge in [0.2, 0.25) is 0 Å². The van der Waals surface area contributed by atoms with Gasteiger partial charge in [0, 0.05) is 22.7 Å². The molecule has 0 heterocycles. The van der Waals surface area contributed by atoms with Gasteiger partial charge in [-0.15, -0.1) is 0 Å². The van der Waals surface area contributed by atoms with E-state index in [1.807, 2.05) is 51.1 Å². The van der Waals surface area contributed by atoms with Crippen molar-refractivity contribution in [2.45, 2.75) is 41.0 Å². The van der Waals surface area contributed by atoms with Crippen LogP contribution in [-0.2, 0) is 11.2 Å². The van der Waals surface area contributed by atoms with Crippen molar-refractivity contribution in [3.63, 3.8) is 0 Å². The summed E-state index contributed by atoms with van der Waals surface area (Å²) < 4.78 is 5.89. The maximum Gasteiger partial charge on any atom is 0.266 e. The van der Waals surface area contributed by atoms with Crippen molar-refractivity contribution in [3.8, 4) is 11.8 Å². The lowest BCUT2D eigenvalue weighted by atomic mass is 9.98. The third kappa shape index (κ3) is 6.27. The molecule has 0 bridgehead atoms. The highest BCUT2D eigenvalue weighted by Crippen LogP contribution is 2.32. The van der Waals surface area contributed by atoms with Crippen LogP contribution in [-0.4, -0.2) is 12.5 Å². The summed E-state index contributed by atoms with van der Waals surface area (Å²) >= 11 is 6.68. The SMILES string of the molecule is CCOc1cc(/C=C(\C#N)C(=O)Nc2ccc(C)c(C)c2)cc(Cl)c1Cc1cc(C)cc(C)c1. The monoisotopic (exact) mass is 472 g/mol. The summed E-state index contributed by atoms with van der Waals surface area (Å²) in [6.07, 6.45) is 2.16. The van der Waals surface area contributed by atoms with Gasteiger partial charge in [0.1, 0.15) is 17.4 Å². The molecule has 3 aromatic carbocycles. The van der Waals surface area contributed by atoms with Crippen LogP contribution in [0.15, 0.2) is 54.1 Å². The van der Waals surface area contributed by atoms with Gasteiger partial charge in [-0.1, -0.05) is 47.0 Å². The standard InChI is InChI=1S/C29H29ClN2O2/c1-6-34-28-16-23(15-27(30)26(28)14-22-10-18(2)9-19(3)11-22)13-24(17-31)29(33)32-25-8-7-20(4)21(5)12-25/h7-13,15-16H,6,14H2,1-5H3,(H,32,33)/b24-13+. The number of hydrogen-bond acceptors (Lipinski definition) is 3. The Morgan fingerprint density at radius 1 is 1.03 bits per heavy atom. The molecule has 3 aromatic rings. The molecule has 3 rings (SSSR count). The summed E-state index contributed by atoms with van der Waals surface area (Å²) in [7, 11) is 0. The van der Waals surface area contributed by atoms with E-state index in [1.165, 1.54) is 17.2 Å². The molecule has 174 valence electrons. The maximum atomic E-state index is 12.7. The van der Waals surface area contributed by atoms with Crippen molar-refractivity contribution >= 4 is 29.3 Å². The lowest BCUT2D eigenvalue weighted by molar-refractivity contribution is -0.112. The lowest BCUT2D eigenvalue weighted by Gasteiger charge is -2.15. The van der Waals surface area contributed by atoms with Gasteiger partial charge in [-0.3, -0.25) is 4.79 Å². The van der Waals surface area contributed by atoms with E-state index in [2.05, 4.69) is 37.4 Å². The van der Waals surface area contributed by atoms with E-state index in [1.54, 1.807) is 6.07 Å². The quantitative estimate of drug-likeness (QED) is 0.294. The van der Waals surface area contributed by atoms with Gasteiger partial charge in [-0.25, -0.2) is 0 Å². The van der Waals surface area contributed by atoms with Crippen LogP contribution < -0.4 is 10.1 Å². The molecule has 0 aromatic heterocycles. The predicted octanol–water partition coefficient (Wildman–Crippen LogP) is 7.11. The molecule has 1 amide bonds. The van der Waals surface area contributed by atoms with E-state index in [0.29, 0.717) is 35.1 Å². The van der Waals surface area contributed by atoms with Gasteiger partial charge in [-0.2, -0.15) is 5.26 Å². The Morgan fingerprint density at radius 3 is 2.35 bits per heavy atom. The number of carbonyl (C=O) groups excluding carboxylic acids is 1. The van der Waals surface area contributed by atoms with E-state index in [-0.39, 0.29) is 5.57 Å². The molecule has 0 aliphatic rings. The Morgan fingerprint density at radius 2 is 1.74 bits per heavy atom. The van der Waals surface area contributed by atoms with Crippen LogP contribution in [0, 0.1) is 39.0 Å². The lowest BCUT2D eigenvalue weighted by Crippen LogP contribution is -2.13. The minimum atomic E-state index is -0.473. The van der Waals surface area contributed by atoms with Crippen LogP contribution in [0.3, 0.4) is 0 Å². The molecule has 0 atom stereocenters. The molecular weight excluding hydrogens is 444 g/mol. The summed E-state index contributed by atoms with van der Waals surface area (Å²) in [6, 6.07) is 17.6. The van der Waals surface area contributed by atoms with Crippen LogP contribution in [0.25, 0.3) is 6.08 Å². The Balaban J connectivity index is 1.92. The average molecular weight is 473 g/mol. The molecule has 1 N–H and O–H groups in total. The first-order chi connectivity index (χ1) is 16.2. The number of nitrogens with one attached hydrogen (secondary N) is 1. The maximum absolute atomic E-state index is 12.7. The fourth-order valence-corrected chi connectivity index (χ4v) is 4.16. The minimum Gasteiger partial charge on any atom is -0.494 e. The number of aryl methyl sites for hydroxylation is 4. The molecule has 0 radical (unpaired) electrons. The van der Waals surface area contributed by atoms with Gasteiger partial charge in [0.05, 0.1) is 6.61 Å². The zero-order valence-corrected chi connectivity index (χ0v) is 21.0. The summed E-state index contributed by atoms with van der Waals surface area (Å²) in [6.45, 7) is 10.5. The van der Waals surface area contributed by atoms with E-state index in [0.717, 1.165) is 22.3 Å². The molecule has 4 nitrogen and oxygen atoms in total. The topological polar surface area (TPSA) is 62.1 Å². The smallest absolute Gasteiger partial charge is 0.266 e. The van der Waals surface area contributed by atoms with Gasteiger partial charge >= 0.3 is 0 Å². The molecule has 0 aliphatic carbocycles. The molecule has 0 saturated heterocycles. The van der Waals surface area contributed by atoms with Crippen LogP contribution >= 0.6 is 11.6 Å². The van der Waals surface area contributed by atoms with Crippen LogP contribution in [0.1, 0.15) is 45.9 Å². The van der Waals surface area contributed by atoms with Crippen LogP contribution in [0.2, 0.25) is 5.02 Å². The number of benzene rings is 3. The second-order valence-electron chi connectivity index (χ2n) is 8.51. The first-order valence-corrected chi connectivity index (χ1v) is 11.6. The first kappa shape index (κ1) is 25.1. The van der Waals surface area contributed by atoms with Gasteiger partial charge in [0.25, 0.3) is 5.91 Å². The van der Waals surface area contributed by atoms with Crippen LogP contribution in [0.4, 0.5) is 5.69 Å². The zero-order chi connectivity index (χ0) is 24.8. The summed E-state index contributed by atoms with van der Waals surface area (Å²) in [5, 5.41) is 13.0. The van der Waals surface area contributed by atoms with Gasteiger partial charge in [0.15, 0.2) is 0 Å². The largest absolute Gasteiger partial charge is 0.494 e. The van der Waals surface area contributed by atoms with Crippen molar-refractivity contribution in [3.05, 3.63) is 98.1 Å². The molecule has 0 aliphatic heterocycles. The number of hydrogen-bond donors (Lipinski definition) is 1. The number of carbonyl (C=O) groups is 1. The normalized spacial score (nSPS) is 11.1. The molecule has 0 spiro atoms. The van der Waals surface area contributed by atoms with E-state index in [4.69, 9.17) is 16.3 Å². The molecule has 0 fully saturated rings. The third-order valence-corrected chi connectivity index (χ3v) is 5.92. The molecule has 5 heteroatoms. The number of halogens is 1. The number of rotatable bonds is 7. The first-order valence-electron chi connectivity index (χ1n) is 11.2. The number of amides is 1. The molecule has 34 heavy (non-hydrogen) atoms. The number of nitrogens with zero attached hydrogens (tertiary/aromatic N) is 1. The van der Waals surface area contributed by atoms with Crippen LogP contribution in [0.5, 0.6) is 5.75 Å². The second-order valence-corrected chi connectivity index (χ2v) is 8.92. The van der Waals surface area contributed by atoms with Crippen molar-refractivity contribution in [1.29, 1.82) is 5.26 Å². The fraction of sp³-hybridized carbons (Fsp3) is 0.241. The Labute approximate surface area is 206 Å². The molecule has 0 unspecified atom stereocenters. The van der Waals surface area contributed by atoms with E-state index >= 15 is 0 Å². The Hall–Kier alpha value is -3.55. The highest BCUT2D eigenvalue weighted by atomic mass is 35.5. The third-order valence-electron chi connectivity index (χ3n) is 5.58. The van der Waals surface area contributed by atoms with Gasteiger partial charge in [-0.05, 0) is 87.2 Å². The fourth-order valence-electron chi connectivity index (χ4n) is 3.88. The number of nitriles is 1. The Bertz CT molecular complexity index is 1280. The van der Waals surface area contributed by atoms with Crippen molar-refractivity contribution in [1.82, 2.24) is 0 Å². The second kappa shape index (κ2) is 11.0. The van der Waals surface area contributed by atoms with Crippen molar-refractivity contribution in [2.75, 3.05) is 11.9 Å². The average Bonchev–Trinajstić information content (AvgIpc) is 2.76. The summed E-state index contributed by atoms with van der Waals surface area (Å²) in [5.74, 6) is 0.173. The van der Waals surface area contributed by atoms with Crippen molar-refractivity contribution in [2.24, 2.45) is 0 Å². The highest BCUT2D eigenvalue weighted by molar-refractivity contribution is 6.31. The molecule has 0 saturated carbocycles. The number of ether oxygens (including phenoxy) is 1. The molecular formula is C29H29ClN2O2. The zero-order valence-electron chi connectivity index (χ0n) is 20.3. The van der Waals surface area contributed by atoms with E-state index in [9.17, 15) is 10.1 Å².